The minimum atomic E-state index is -3.71. The normalized spacial score (nSPS) is 11.5. The van der Waals surface area contributed by atoms with Gasteiger partial charge in [0.25, 0.3) is 0 Å². The summed E-state index contributed by atoms with van der Waals surface area (Å²) < 4.78 is 27.5. The van der Waals surface area contributed by atoms with Crippen molar-refractivity contribution in [3.05, 3.63) is 57.5 Å². The molecule has 0 fully saturated rings. The van der Waals surface area contributed by atoms with Gasteiger partial charge >= 0.3 is 0 Å². The van der Waals surface area contributed by atoms with Gasteiger partial charge in [-0.3, -0.25) is 4.79 Å². The van der Waals surface area contributed by atoms with Gasteiger partial charge in [-0.2, -0.15) is 4.31 Å². The Morgan fingerprint density at radius 1 is 1.00 bits per heavy atom. The number of nitrogens with zero attached hydrogens (tertiary/aromatic N) is 1. The number of benzene rings is 2. The summed E-state index contributed by atoms with van der Waals surface area (Å²) in [5, 5.41) is 2.66. The molecule has 5 nitrogen and oxygen atoms in total. The monoisotopic (exact) mass is 460 g/mol. The minimum absolute atomic E-state index is 0.139. The Kier molecular flexibility index (Phi) is 5.96. The molecule has 1 N–H and O–H groups in total. The van der Waals surface area contributed by atoms with E-state index >= 15 is 0 Å². The van der Waals surface area contributed by atoms with E-state index in [0.717, 1.165) is 13.3 Å². The number of sulfonamides is 1. The number of rotatable bonds is 5. The second-order valence-electron chi connectivity index (χ2n) is 4.77. The molecule has 0 unspecified atom stereocenters. The van der Waals surface area contributed by atoms with Crippen LogP contribution in [0.1, 0.15) is 0 Å². The third kappa shape index (κ3) is 4.87. The summed E-state index contributed by atoms with van der Waals surface area (Å²) >= 11 is 6.56. The SMILES string of the molecule is CN(CC(=O)Nc1ccc(Br)cc1)S(=O)(=O)c1ccc(Br)cc1. The maximum absolute atomic E-state index is 12.4. The largest absolute Gasteiger partial charge is 0.325 e. The van der Waals surface area contributed by atoms with Gasteiger partial charge in [-0.15, -0.1) is 0 Å². The molecule has 1 amide bonds. The fourth-order valence-corrected chi connectivity index (χ4v) is 3.46. The van der Waals surface area contributed by atoms with Gasteiger partial charge < -0.3 is 5.32 Å². The molecule has 0 radical (unpaired) electrons. The average molecular weight is 462 g/mol. The second kappa shape index (κ2) is 7.57. The molecule has 0 spiro atoms. The molecule has 0 saturated heterocycles. The molecule has 2 rings (SSSR count). The Morgan fingerprint density at radius 3 is 2.00 bits per heavy atom. The highest BCUT2D eigenvalue weighted by Gasteiger charge is 2.22. The van der Waals surface area contributed by atoms with E-state index in [4.69, 9.17) is 0 Å². The molecule has 8 heteroatoms. The number of carbonyl (C=O) groups is 1. The summed E-state index contributed by atoms with van der Waals surface area (Å²) in [6.45, 7) is -0.269. The highest BCUT2D eigenvalue weighted by Crippen LogP contribution is 2.18. The topological polar surface area (TPSA) is 66.5 Å². The first-order valence-electron chi connectivity index (χ1n) is 6.56. The summed E-state index contributed by atoms with van der Waals surface area (Å²) in [4.78, 5) is 12.1. The molecule has 0 aliphatic rings. The molecule has 0 heterocycles. The molecule has 122 valence electrons. The van der Waals surface area contributed by atoms with Gasteiger partial charge in [0.1, 0.15) is 0 Å². The van der Waals surface area contributed by atoms with Gasteiger partial charge in [0, 0.05) is 21.7 Å². The molecule has 0 aliphatic heterocycles. The number of carbonyl (C=O) groups excluding carboxylic acids is 1. The molecule has 2 aromatic rings. The van der Waals surface area contributed by atoms with Crippen LogP contribution in [0.3, 0.4) is 0 Å². The number of hydrogen-bond acceptors (Lipinski definition) is 3. The maximum Gasteiger partial charge on any atom is 0.243 e. The molecular weight excluding hydrogens is 448 g/mol. The number of nitrogens with one attached hydrogen (secondary N) is 1. The molecular formula is C15H14Br2N2O3S. The van der Waals surface area contributed by atoms with Crippen molar-refractivity contribution < 1.29 is 13.2 Å². The van der Waals surface area contributed by atoms with Crippen molar-refractivity contribution in [3.63, 3.8) is 0 Å². The average Bonchev–Trinajstić information content (AvgIpc) is 2.50. The van der Waals surface area contributed by atoms with Crippen LogP contribution in [0.15, 0.2) is 62.4 Å². The van der Waals surface area contributed by atoms with Crippen LogP contribution in [0.4, 0.5) is 5.69 Å². The van der Waals surface area contributed by atoms with Crippen LogP contribution >= 0.6 is 31.9 Å². The fourth-order valence-electron chi connectivity index (χ4n) is 1.81. The van der Waals surface area contributed by atoms with Crippen molar-refractivity contribution in [2.45, 2.75) is 4.90 Å². The van der Waals surface area contributed by atoms with Crippen LogP contribution in [-0.4, -0.2) is 32.2 Å². The van der Waals surface area contributed by atoms with E-state index in [1.54, 1.807) is 36.4 Å². The van der Waals surface area contributed by atoms with Crippen LogP contribution in [0.5, 0.6) is 0 Å². The number of hydrogen-bond donors (Lipinski definition) is 1. The van der Waals surface area contributed by atoms with Crippen LogP contribution in [0.2, 0.25) is 0 Å². The lowest BCUT2D eigenvalue weighted by Crippen LogP contribution is -2.34. The van der Waals surface area contributed by atoms with Crippen LogP contribution in [-0.2, 0) is 14.8 Å². The van der Waals surface area contributed by atoms with Gasteiger partial charge in [-0.25, -0.2) is 8.42 Å². The highest BCUT2D eigenvalue weighted by molar-refractivity contribution is 9.10. The van der Waals surface area contributed by atoms with Gasteiger partial charge in [-0.05, 0) is 48.5 Å². The van der Waals surface area contributed by atoms with Crippen LogP contribution < -0.4 is 5.32 Å². The first-order valence-corrected chi connectivity index (χ1v) is 9.59. The quantitative estimate of drug-likeness (QED) is 0.741. The summed E-state index contributed by atoms with van der Waals surface area (Å²) in [5.74, 6) is -0.407. The van der Waals surface area contributed by atoms with E-state index in [1.165, 1.54) is 19.2 Å². The van der Waals surface area contributed by atoms with Crippen molar-refractivity contribution in [2.75, 3.05) is 18.9 Å². The van der Waals surface area contributed by atoms with E-state index in [1.807, 2.05) is 0 Å². The highest BCUT2D eigenvalue weighted by atomic mass is 79.9. The van der Waals surface area contributed by atoms with Gasteiger partial charge in [-0.1, -0.05) is 31.9 Å². The van der Waals surface area contributed by atoms with Crippen molar-refractivity contribution in [1.82, 2.24) is 4.31 Å². The molecule has 0 bridgehead atoms. The number of anilines is 1. The Bertz CT molecular complexity index is 790. The summed E-state index contributed by atoms with van der Waals surface area (Å²) in [6.07, 6.45) is 0. The van der Waals surface area contributed by atoms with Crippen LogP contribution in [0, 0.1) is 0 Å². The fraction of sp³-hybridized carbons (Fsp3) is 0.133. The van der Waals surface area contributed by atoms with Crippen molar-refractivity contribution >= 4 is 53.5 Å². The van der Waals surface area contributed by atoms with Gasteiger partial charge in [0.15, 0.2) is 0 Å². The lowest BCUT2D eigenvalue weighted by atomic mass is 10.3. The summed E-state index contributed by atoms with van der Waals surface area (Å²) in [5.41, 5.74) is 0.604. The number of amides is 1. The third-order valence-electron chi connectivity index (χ3n) is 3.02. The summed E-state index contributed by atoms with van der Waals surface area (Å²) in [7, 11) is -2.33. The Hall–Kier alpha value is -1.22. The lowest BCUT2D eigenvalue weighted by Gasteiger charge is -2.17. The van der Waals surface area contributed by atoms with E-state index < -0.39 is 15.9 Å². The second-order valence-corrected chi connectivity index (χ2v) is 8.65. The molecule has 0 atom stereocenters. The lowest BCUT2D eigenvalue weighted by molar-refractivity contribution is -0.116. The molecule has 0 aliphatic carbocycles. The number of halogens is 2. The molecule has 23 heavy (non-hydrogen) atoms. The predicted octanol–water partition coefficient (Wildman–Crippen LogP) is 3.47. The van der Waals surface area contributed by atoms with E-state index in [2.05, 4.69) is 37.2 Å². The Labute approximate surface area is 152 Å². The first-order chi connectivity index (χ1) is 10.8. The van der Waals surface area contributed by atoms with Crippen molar-refractivity contribution in [3.8, 4) is 0 Å². The number of likely N-dealkylation sites (N-methyl/N-ethyl adjacent to an activating group) is 1. The van der Waals surface area contributed by atoms with Gasteiger partial charge in [0.05, 0.1) is 11.4 Å². The zero-order chi connectivity index (χ0) is 17.0. The predicted molar refractivity (Wildman–Crippen MR) is 96.7 cm³/mol. The zero-order valence-electron chi connectivity index (χ0n) is 12.2. The van der Waals surface area contributed by atoms with E-state index in [-0.39, 0.29) is 11.4 Å². The zero-order valence-corrected chi connectivity index (χ0v) is 16.2. The minimum Gasteiger partial charge on any atom is -0.325 e. The van der Waals surface area contributed by atoms with E-state index in [9.17, 15) is 13.2 Å². The van der Waals surface area contributed by atoms with Crippen LogP contribution in [0.25, 0.3) is 0 Å². The maximum atomic E-state index is 12.4. The Morgan fingerprint density at radius 2 is 1.48 bits per heavy atom. The smallest absolute Gasteiger partial charge is 0.243 e. The Balaban J connectivity index is 2.05. The molecule has 0 aromatic heterocycles. The third-order valence-corrected chi connectivity index (χ3v) is 5.89. The van der Waals surface area contributed by atoms with E-state index in [0.29, 0.717) is 5.69 Å². The molecule has 0 saturated carbocycles. The van der Waals surface area contributed by atoms with Crippen molar-refractivity contribution in [1.29, 1.82) is 0 Å². The standard InChI is InChI=1S/C15H14Br2N2O3S/c1-19(23(21,22)14-8-4-12(17)5-9-14)10-15(20)18-13-6-2-11(16)3-7-13/h2-9H,10H2,1H3,(H,18,20). The first kappa shape index (κ1) is 18.1. The van der Waals surface area contributed by atoms with Crippen molar-refractivity contribution in [2.24, 2.45) is 0 Å². The van der Waals surface area contributed by atoms with Gasteiger partial charge in [0.2, 0.25) is 15.9 Å². The summed E-state index contributed by atoms with van der Waals surface area (Å²) in [6, 6.07) is 13.3. The molecule has 2 aromatic carbocycles.